The van der Waals surface area contributed by atoms with Gasteiger partial charge < -0.3 is 5.32 Å². The second-order valence-electron chi connectivity index (χ2n) is 5.82. The first-order valence-electron chi connectivity index (χ1n) is 8.09. The first kappa shape index (κ1) is 16.5. The van der Waals surface area contributed by atoms with Crippen molar-refractivity contribution in [1.29, 1.82) is 0 Å². The van der Waals surface area contributed by atoms with Crippen LogP contribution in [0.2, 0.25) is 0 Å². The summed E-state index contributed by atoms with van der Waals surface area (Å²) >= 11 is 1.66. The smallest absolute Gasteiger partial charge is 0.220 e. The summed E-state index contributed by atoms with van der Waals surface area (Å²) in [5.41, 5.74) is 4.55. The van der Waals surface area contributed by atoms with E-state index in [1.807, 2.05) is 28.4 Å². The maximum Gasteiger partial charge on any atom is 0.220 e. The predicted molar refractivity (Wildman–Crippen MR) is 98.0 cm³/mol. The maximum absolute atomic E-state index is 11.9. The summed E-state index contributed by atoms with van der Waals surface area (Å²) in [5.74, 6) is 0.0849. The number of nitrogens with zero attached hydrogens (tertiary/aromatic N) is 2. The van der Waals surface area contributed by atoms with Gasteiger partial charge in [-0.05, 0) is 36.4 Å². The summed E-state index contributed by atoms with van der Waals surface area (Å²) in [5, 5.41) is 11.6. The van der Waals surface area contributed by atoms with Gasteiger partial charge in [-0.15, -0.1) is 0 Å². The number of benzene rings is 1. The minimum absolute atomic E-state index is 0.0849. The molecule has 2 aromatic heterocycles. The Labute approximate surface area is 146 Å². The molecule has 0 spiro atoms. The third-order valence-corrected chi connectivity index (χ3v) is 4.53. The van der Waals surface area contributed by atoms with Gasteiger partial charge in [-0.2, -0.15) is 16.4 Å². The van der Waals surface area contributed by atoms with Gasteiger partial charge in [0.2, 0.25) is 5.91 Å². The Morgan fingerprint density at radius 2 is 2.21 bits per heavy atom. The lowest BCUT2D eigenvalue weighted by Gasteiger charge is -2.06. The molecular weight excluding hydrogens is 318 g/mol. The fraction of sp³-hybridized carbons (Fsp3) is 0.263. The van der Waals surface area contributed by atoms with Crippen LogP contribution in [0.3, 0.4) is 0 Å². The molecule has 1 aromatic carbocycles. The van der Waals surface area contributed by atoms with Crippen LogP contribution in [0.15, 0.2) is 53.4 Å². The summed E-state index contributed by atoms with van der Waals surface area (Å²) < 4.78 is 1.87. The van der Waals surface area contributed by atoms with Crippen LogP contribution in [0.5, 0.6) is 0 Å². The van der Waals surface area contributed by atoms with Crippen LogP contribution in [0, 0.1) is 6.92 Å². The topological polar surface area (TPSA) is 46.9 Å². The Kier molecular flexibility index (Phi) is 5.43. The number of carbonyl (C=O) groups excluding carboxylic acids is 1. The molecule has 2 heterocycles. The van der Waals surface area contributed by atoms with Crippen molar-refractivity contribution in [2.24, 2.45) is 0 Å². The van der Waals surface area contributed by atoms with Crippen LogP contribution >= 0.6 is 11.3 Å². The molecule has 0 unspecified atom stereocenters. The van der Waals surface area contributed by atoms with Crippen molar-refractivity contribution in [2.75, 3.05) is 6.54 Å². The van der Waals surface area contributed by atoms with Gasteiger partial charge in [0.15, 0.2) is 0 Å². The Morgan fingerprint density at radius 3 is 3.00 bits per heavy atom. The highest BCUT2D eigenvalue weighted by atomic mass is 32.1. The molecule has 0 radical (unpaired) electrons. The van der Waals surface area contributed by atoms with E-state index < -0.39 is 0 Å². The molecule has 24 heavy (non-hydrogen) atoms. The number of rotatable bonds is 7. The molecule has 0 bridgehead atoms. The summed E-state index contributed by atoms with van der Waals surface area (Å²) in [6.07, 6.45) is 3.24. The van der Waals surface area contributed by atoms with Gasteiger partial charge in [-0.1, -0.05) is 29.8 Å². The number of thiophene rings is 1. The van der Waals surface area contributed by atoms with Crippen LogP contribution in [0.1, 0.15) is 17.5 Å². The van der Waals surface area contributed by atoms with Gasteiger partial charge in [0.05, 0.1) is 12.2 Å². The highest BCUT2D eigenvalue weighted by molar-refractivity contribution is 7.08. The number of aryl methyl sites for hydroxylation is 2. The van der Waals surface area contributed by atoms with Crippen molar-refractivity contribution in [2.45, 2.75) is 26.3 Å². The molecule has 3 aromatic rings. The highest BCUT2D eigenvalue weighted by Gasteiger charge is 2.04. The van der Waals surface area contributed by atoms with Crippen LogP contribution in [-0.4, -0.2) is 22.2 Å². The monoisotopic (exact) mass is 339 g/mol. The molecule has 0 fully saturated rings. The van der Waals surface area contributed by atoms with E-state index in [-0.39, 0.29) is 5.91 Å². The molecule has 0 saturated carbocycles. The second kappa shape index (κ2) is 7.93. The molecule has 0 saturated heterocycles. The summed E-state index contributed by atoms with van der Waals surface area (Å²) in [7, 11) is 0. The Balaban J connectivity index is 1.40. The summed E-state index contributed by atoms with van der Waals surface area (Å²) in [6, 6.07) is 12.4. The second-order valence-corrected chi connectivity index (χ2v) is 6.60. The third-order valence-electron chi connectivity index (χ3n) is 3.84. The summed E-state index contributed by atoms with van der Waals surface area (Å²) in [4.78, 5) is 11.9. The number of hydrogen-bond donors (Lipinski definition) is 1. The van der Waals surface area contributed by atoms with Crippen molar-refractivity contribution in [3.63, 3.8) is 0 Å². The number of amides is 1. The summed E-state index contributed by atoms with van der Waals surface area (Å²) in [6.45, 7) is 3.34. The van der Waals surface area contributed by atoms with Gasteiger partial charge in [-0.3, -0.25) is 9.48 Å². The number of hydrogen-bond acceptors (Lipinski definition) is 3. The van der Waals surface area contributed by atoms with Crippen molar-refractivity contribution < 1.29 is 4.79 Å². The fourth-order valence-electron chi connectivity index (χ4n) is 2.57. The van der Waals surface area contributed by atoms with E-state index in [9.17, 15) is 4.79 Å². The van der Waals surface area contributed by atoms with E-state index in [4.69, 9.17) is 0 Å². The SMILES string of the molecule is Cc1cccc(CCC(=O)NCCn2ccc(-c3ccsc3)n2)c1. The quantitative estimate of drug-likeness (QED) is 0.714. The van der Waals surface area contributed by atoms with E-state index >= 15 is 0 Å². The van der Waals surface area contributed by atoms with Crippen LogP contribution in [0.25, 0.3) is 11.3 Å². The molecule has 0 aliphatic rings. The molecule has 0 aliphatic carbocycles. The third kappa shape index (κ3) is 4.55. The van der Waals surface area contributed by atoms with Gasteiger partial charge in [0.1, 0.15) is 0 Å². The highest BCUT2D eigenvalue weighted by Crippen LogP contribution is 2.19. The Bertz CT molecular complexity index is 793. The van der Waals surface area contributed by atoms with Crippen molar-refractivity contribution in [3.8, 4) is 11.3 Å². The van der Waals surface area contributed by atoms with Gasteiger partial charge in [0, 0.05) is 30.1 Å². The Hall–Kier alpha value is -2.40. The van der Waals surface area contributed by atoms with Crippen molar-refractivity contribution >= 4 is 17.2 Å². The molecule has 0 atom stereocenters. The zero-order valence-electron chi connectivity index (χ0n) is 13.7. The maximum atomic E-state index is 11.9. The van der Waals surface area contributed by atoms with Crippen molar-refractivity contribution in [3.05, 3.63) is 64.5 Å². The Morgan fingerprint density at radius 1 is 1.29 bits per heavy atom. The van der Waals surface area contributed by atoms with Crippen LogP contribution in [-0.2, 0) is 17.8 Å². The van der Waals surface area contributed by atoms with Gasteiger partial charge >= 0.3 is 0 Å². The molecule has 1 N–H and O–H groups in total. The molecule has 124 valence electrons. The average molecular weight is 339 g/mol. The minimum atomic E-state index is 0.0849. The number of carbonyl (C=O) groups is 1. The van der Waals surface area contributed by atoms with E-state index in [1.165, 1.54) is 11.1 Å². The zero-order chi connectivity index (χ0) is 16.8. The van der Waals surface area contributed by atoms with Crippen LogP contribution in [0.4, 0.5) is 0 Å². The van der Waals surface area contributed by atoms with Crippen LogP contribution < -0.4 is 5.32 Å². The lowest BCUT2D eigenvalue weighted by molar-refractivity contribution is -0.121. The average Bonchev–Trinajstić information content (AvgIpc) is 3.24. The molecule has 4 nitrogen and oxygen atoms in total. The predicted octanol–water partition coefficient (Wildman–Crippen LogP) is 3.67. The number of nitrogens with one attached hydrogen (secondary N) is 1. The first-order valence-corrected chi connectivity index (χ1v) is 9.03. The lowest BCUT2D eigenvalue weighted by atomic mass is 10.1. The van der Waals surface area contributed by atoms with Gasteiger partial charge in [-0.25, -0.2) is 0 Å². The standard InChI is InChI=1S/C19H21N3OS/c1-15-3-2-4-16(13-15)5-6-19(23)20-9-11-22-10-7-18(21-22)17-8-12-24-14-17/h2-4,7-8,10,12-14H,5-6,9,11H2,1H3,(H,20,23). The van der Waals surface area contributed by atoms with Gasteiger partial charge in [0.25, 0.3) is 0 Å². The van der Waals surface area contributed by atoms with E-state index in [0.717, 1.165) is 17.7 Å². The van der Waals surface area contributed by atoms with E-state index in [2.05, 4.69) is 47.0 Å². The molecule has 1 amide bonds. The molecular formula is C19H21N3OS. The minimum Gasteiger partial charge on any atom is -0.354 e. The molecule has 3 rings (SSSR count). The largest absolute Gasteiger partial charge is 0.354 e. The lowest BCUT2D eigenvalue weighted by Crippen LogP contribution is -2.27. The fourth-order valence-corrected chi connectivity index (χ4v) is 3.22. The normalized spacial score (nSPS) is 10.7. The molecule has 5 heteroatoms. The first-order chi connectivity index (χ1) is 11.7. The van der Waals surface area contributed by atoms with Crippen molar-refractivity contribution in [1.82, 2.24) is 15.1 Å². The van der Waals surface area contributed by atoms with E-state index in [1.54, 1.807) is 11.3 Å². The van der Waals surface area contributed by atoms with E-state index in [0.29, 0.717) is 19.5 Å². The molecule has 0 aliphatic heterocycles. The number of aromatic nitrogens is 2. The zero-order valence-corrected chi connectivity index (χ0v) is 14.6.